The van der Waals surface area contributed by atoms with Crippen molar-refractivity contribution in [2.45, 2.75) is 27.0 Å². The van der Waals surface area contributed by atoms with Crippen molar-refractivity contribution in [1.82, 2.24) is 24.8 Å². The molecule has 0 radical (unpaired) electrons. The van der Waals surface area contributed by atoms with Crippen LogP contribution in [-0.2, 0) is 11.3 Å². The van der Waals surface area contributed by atoms with Crippen LogP contribution in [0.15, 0.2) is 28.8 Å². The lowest BCUT2D eigenvalue weighted by molar-refractivity contribution is -0.132. The van der Waals surface area contributed by atoms with Crippen LogP contribution in [0.1, 0.15) is 19.7 Å². The van der Waals surface area contributed by atoms with Gasteiger partial charge in [-0.25, -0.2) is 0 Å². The lowest BCUT2D eigenvalue weighted by Crippen LogP contribution is -2.49. The van der Waals surface area contributed by atoms with Crippen LogP contribution in [0.5, 0.6) is 5.75 Å². The zero-order valence-electron chi connectivity index (χ0n) is 17.3. The highest BCUT2D eigenvalue weighted by Gasteiger charge is 2.23. The summed E-state index contributed by atoms with van der Waals surface area (Å²) in [5.74, 6) is 0.778. The van der Waals surface area contributed by atoms with Gasteiger partial charge in [0.05, 0.1) is 18.7 Å². The third-order valence-electron chi connectivity index (χ3n) is 5.11. The molecule has 8 nitrogen and oxygen atoms in total. The quantitative estimate of drug-likeness (QED) is 0.613. The first-order chi connectivity index (χ1) is 14.5. The Morgan fingerprint density at radius 2 is 1.83 bits per heavy atom. The molecule has 0 spiro atoms. The molecule has 1 amide bonds. The smallest absolute Gasteiger partial charge is 0.387 e. The monoisotopic (exact) mass is 423 g/mol. The van der Waals surface area contributed by atoms with Crippen LogP contribution >= 0.6 is 0 Å². The summed E-state index contributed by atoms with van der Waals surface area (Å²) in [5, 5.41) is 3.91. The number of hydrogen-bond donors (Lipinski definition) is 0. The van der Waals surface area contributed by atoms with Gasteiger partial charge in [-0.2, -0.15) is 13.8 Å². The van der Waals surface area contributed by atoms with Crippen molar-refractivity contribution in [2.75, 3.05) is 45.8 Å². The molecular weight excluding hydrogens is 396 g/mol. The SMILES string of the molecule is CCN(CC)C(=O)CN1CCN(Cc2nc(-c3ccccc3OC(F)F)no2)CC1. The van der Waals surface area contributed by atoms with E-state index in [1.54, 1.807) is 18.2 Å². The average molecular weight is 423 g/mol. The summed E-state index contributed by atoms with van der Waals surface area (Å²) in [4.78, 5) is 22.7. The standard InChI is InChI=1S/C20H27F2N5O3/c1-3-27(4-2)18(28)14-26-11-9-25(10-12-26)13-17-23-19(24-30-17)15-7-5-6-8-16(15)29-20(21)22/h5-8,20H,3-4,9-14H2,1-2H3. The normalized spacial score (nSPS) is 15.5. The number of likely N-dealkylation sites (N-methyl/N-ethyl adjacent to an activating group) is 1. The van der Waals surface area contributed by atoms with E-state index >= 15 is 0 Å². The maximum atomic E-state index is 12.6. The minimum absolute atomic E-state index is 0.00586. The highest BCUT2D eigenvalue weighted by atomic mass is 19.3. The molecule has 164 valence electrons. The number of rotatable bonds is 9. The molecular formula is C20H27F2N5O3. The minimum Gasteiger partial charge on any atom is -0.434 e. The number of ether oxygens (including phenoxy) is 1. The first kappa shape index (κ1) is 22.1. The molecule has 0 saturated carbocycles. The van der Waals surface area contributed by atoms with Gasteiger partial charge in [-0.15, -0.1) is 0 Å². The first-order valence-electron chi connectivity index (χ1n) is 10.1. The molecule has 2 heterocycles. The van der Waals surface area contributed by atoms with Crippen molar-refractivity contribution in [1.29, 1.82) is 0 Å². The molecule has 1 aliphatic heterocycles. The number of carbonyl (C=O) groups excluding carboxylic acids is 1. The molecule has 0 aliphatic carbocycles. The first-order valence-corrected chi connectivity index (χ1v) is 10.1. The number of hydrogen-bond acceptors (Lipinski definition) is 7. The Morgan fingerprint density at radius 1 is 1.17 bits per heavy atom. The summed E-state index contributed by atoms with van der Waals surface area (Å²) < 4.78 is 35.1. The van der Waals surface area contributed by atoms with Gasteiger partial charge in [0.2, 0.25) is 17.6 Å². The summed E-state index contributed by atoms with van der Waals surface area (Å²) in [5.41, 5.74) is 0.354. The average Bonchev–Trinajstić information content (AvgIpc) is 3.18. The summed E-state index contributed by atoms with van der Waals surface area (Å²) in [6.45, 7) is 6.47. The molecule has 3 rings (SSSR count). The Bertz CT molecular complexity index is 820. The Balaban J connectivity index is 1.54. The third-order valence-corrected chi connectivity index (χ3v) is 5.11. The highest BCUT2D eigenvalue weighted by Crippen LogP contribution is 2.29. The number of piperazine rings is 1. The van der Waals surface area contributed by atoms with Gasteiger partial charge in [-0.05, 0) is 26.0 Å². The van der Waals surface area contributed by atoms with E-state index in [0.717, 1.165) is 39.3 Å². The predicted molar refractivity (Wildman–Crippen MR) is 106 cm³/mol. The molecule has 30 heavy (non-hydrogen) atoms. The molecule has 1 aromatic carbocycles. The summed E-state index contributed by atoms with van der Waals surface area (Å²) in [7, 11) is 0. The van der Waals surface area contributed by atoms with Crippen molar-refractivity contribution < 1.29 is 22.8 Å². The van der Waals surface area contributed by atoms with Crippen LogP contribution in [0.2, 0.25) is 0 Å². The molecule has 0 unspecified atom stereocenters. The van der Waals surface area contributed by atoms with Crippen LogP contribution in [0, 0.1) is 0 Å². The van der Waals surface area contributed by atoms with E-state index in [0.29, 0.717) is 24.5 Å². The van der Waals surface area contributed by atoms with E-state index in [1.807, 2.05) is 18.7 Å². The molecule has 1 fully saturated rings. The molecule has 1 aliphatic rings. The number of amides is 1. The number of para-hydroxylation sites is 1. The van der Waals surface area contributed by atoms with Crippen molar-refractivity contribution >= 4 is 5.91 Å². The summed E-state index contributed by atoms with van der Waals surface area (Å²) in [6.07, 6.45) is 0. The van der Waals surface area contributed by atoms with Crippen molar-refractivity contribution in [3.8, 4) is 17.1 Å². The number of nitrogens with zero attached hydrogens (tertiary/aromatic N) is 5. The maximum Gasteiger partial charge on any atom is 0.387 e. The van der Waals surface area contributed by atoms with Crippen LogP contribution in [0.3, 0.4) is 0 Å². The van der Waals surface area contributed by atoms with Gasteiger partial charge in [0.15, 0.2) is 0 Å². The Morgan fingerprint density at radius 3 is 2.50 bits per heavy atom. The molecule has 2 aromatic rings. The van der Waals surface area contributed by atoms with E-state index in [4.69, 9.17) is 4.52 Å². The number of carbonyl (C=O) groups is 1. The van der Waals surface area contributed by atoms with E-state index in [9.17, 15) is 13.6 Å². The second-order valence-corrected chi connectivity index (χ2v) is 7.00. The largest absolute Gasteiger partial charge is 0.434 e. The number of aromatic nitrogens is 2. The van der Waals surface area contributed by atoms with Gasteiger partial charge in [0.1, 0.15) is 5.75 Å². The van der Waals surface area contributed by atoms with Crippen LogP contribution in [-0.4, -0.2) is 83.2 Å². The summed E-state index contributed by atoms with van der Waals surface area (Å²) >= 11 is 0. The molecule has 1 saturated heterocycles. The predicted octanol–water partition coefficient (Wildman–Crippen LogP) is 2.32. The number of alkyl halides is 2. The van der Waals surface area contributed by atoms with Crippen LogP contribution < -0.4 is 4.74 Å². The van der Waals surface area contributed by atoms with Crippen molar-refractivity contribution in [2.24, 2.45) is 0 Å². The zero-order valence-corrected chi connectivity index (χ0v) is 17.3. The molecule has 1 aromatic heterocycles. The lowest BCUT2D eigenvalue weighted by atomic mass is 10.2. The fourth-order valence-corrected chi connectivity index (χ4v) is 3.44. The fourth-order valence-electron chi connectivity index (χ4n) is 3.44. The van der Waals surface area contributed by atoms with Gasteiger partial charge in [-0.3, -0.25) is 14.6 Å². The zero-order chi connectivity index (χ0) is 21.5. The van der Waals surface area contributed by atoms with Gasteiger partial charge in [0.25, 0.3) is 0 Å². The highest BCUT2D eigenvalue weighted by molar-refractivity contribution is 5.78. The Labute approximate surface area is 174 Å². The van der Waals surface area contributed by atoms with Gasteiger partial charge in [0, 0.05) is 39.3 Å². The van der Waals surface area contributed by atoms with Gasteiger partial charge in [-0.1, -0.05) is 17.3 Å². The number of halogens is 2. The van der Waals surface area contributed by atoms with Crippen LogP contribution in [0.25, 0.3) is 11.4 Å². The van der Waals surface area contributed by atoms with E-state index < -0.39 is 6.61 Å². The lowest BCUT2D eigenvalue weighted by Gasteiger charge is -2.34. The second-order valence-electron chi connectivity index (χ2n) is 7.00. The molecule has 10 heteroatoms. The third kappa shape index (κ3) is 5.73. The van der Waals surface area contributed by atoms with E-state index in [1.165, 1.54) is 6.07 Å². The van der Waals surface area contributed by atoms with Gasteiger partial charge >= 0.3 is 6.61 Å². The second kappa shape index (κ2) is 10.4. The molecule has 0 N–H and O–H groups in total. The maximum absolute atomic E-state index is 12.6. The molecule has 0 bridgehead atoms. The fraction of sp³-hybridized carbons (Fsp3) is 0.550. The summed E-state index contributed by atoms with van der Waals surface area (Å²) in [6, 6.07) is 6.35. The van der Waals surface area contributed by atoms with E-state index in [-0.39, 0.29) is 17.5 Å². The van der Waals surface area contributed by atoms with Crippen LogP contribution in [0.4, 0.5) is 8.78 Å². The van der Waals surface area contributed by atoms with Gasteiger partial charge < -0.3 is 14.2 Å². The number of benzene rings is 1. The van der Waals surface area contributed by atoms with E-state index in [2.05, 4.69) is 24.7 Å². The Kier molecular flexibility index (Phi) is 7.69. The minimum atomic E-state index is -2.93. The van der Waals surface area contributed by atoms with Crippen molar-refractivity contribution in [3.63, 3.8) is 0 Å². The molecule has 0 atom stereocenters. The van der Waals surface area contributed by atoms with Crippen molar-refractivity contribution in [3.05, 3.63) is 30.2 Å². The topological polar surface area (TPSA) is 74.9 Å². The Hall–Kier alpha value is -2.59.